The summed E-state index contributed by atoms with van der Waals surface area (Å²) >= 11 is 0. The maximum absolute atomic E-state index is 11.6. The van der Waals surface area contributed by atoms with Crippen molar-refractivity contribution in [2.75, 3.05) is 13.7 Å². The summed E-state index contributed by atoms with van der Waals surface area (Å²) in [6, 6.07) is -0.277. The van der Waals surface area contributed by atoms with Crippen LogP contribution in [0.25, 0.3) is 0 Å². The zero-order chi connectivity index (χ0) is 16.2. The van der Waals surface area contributed by atoms with E-state index in [1.807, 2.05) is 20.8 Å². The molecule has 0 aromatic carbocycles. The first kappa shape index (κ1) is 17.5. The van der Waals surface area contributed by atoms with Gasteiger partial charge in [0.15, 0.2) is 0 Å². The standard InChI is InChI=1S/C15H25NO5/c1-8(7-20-11(4)17)9(2)14-10(3)12(16)6-13(21-14)15(18)19-5/h6,8-10,12,14H,7,16H2,1-5H3/t8-,9-,10-,12+,14+/m1/s1. The van der Waals surface area contributed by atoms with E-state index in [1.165, 1.54) is 14.0 Å². The largest absolute Gasteiger partial charge is 0.483 e. The summed E-state index contributed by atoms with van der Waals surface area (Å²) in [5, 5.41) is 0. The second kappa shape index (κ2) is 7.45. The van der Waals surface area contributed by atoms with Crippen LogP contribution in [0.15, 0.2) is 11.8 Å². The van der Waals surface area contributed by atoms with E-state index in [0.29, 0.717) is 6.61 Å². The molecule has 1 aliphatic heterocycles. The van der Waals surface area contributed by atoms with Gasteiger partial charge in [0.05, 0.1) is 13.7 Å². The topological polar surface area (TPSA) is 87.9 Å². The first-order chi connectivity index (χ1) is 9.77. The molecule has 0 saturated carbocycles. The number of ether oxygens (including phenoxy) is 3. The Morgan fingerprint density at radius 2 is 2.05 bits per heavy atom. The van der Waals surface area contributed by atoms with E-state index in [0.717, 1.165) is 0 Å². The lowest BCUT2D eigenvalue weighted by Crippen LogP contribution is -2.46. The summed E-state index contributed by atoms with van der Waals surface area (Å²) in [6.45, 7) is 7.66. The Balaban J connectivity index is 2.78. The minimum atomic E-state index is -0.526. The molecule has 0 spiro atoms. The number of nitrogens with two attached hydrogens (primary N) is 1. The summed E-state index contributed by atoms with van der Waals surface area (Å²) in [4.78, 5) is 22.5. The molecule has 5 atom stereocenters. The minimum Gasteiger partial charge on any atom is -0.483 e. The van der Waals surface area contributed by atoms with Crippen LogP contribution in [0.5, 0.6) is 0 Å². The monoisotopic (exact) mass is 299 g/mol. The van der Waals surface area contributed by atoms with Crippen LogP contribution in [0.2, 0.25) is 0 Å². The first-order valence-corrected chi connectivity index (χ1v) is 7.13. The molecule has 0 aliphatic carbocycles. The van der Waals surface area contributed by atoms with Gasteiger partial charge in [-0.05, 0) is 17.9 Å². The zero-order valence-corrected chi connectivity index (χ0v) is 13.3. The predicted octanol–water partition coefficient (Wildman–Crippen LogP) is 1.24. The molecule has 1 rings (SSSR count). The number of carbonyl (C=O) groups is 2. The molecule has 0 aromatic rings. The average Bonchev–Trinajstić information content (AvgIpc) is 2.45. The molecule has 6 heteroatoms. The quantitative estimate of drug-likeness (QED) is 0.768. The third-order valence-electron chi connectivity index (χ3n) is 4.08. The van der Waals surface area contributed by atoms with Gasteiger partial charge >= 0.3 is 11.9 Å². The molecule has 0 saturated heterocycles. The van der Waals surface area contributed by atoms with E-state index in [-0.39, 0.29) is 41.6 Å². The molecule has 1 aliphatic rings. The van der Waals surface area contributed by atoms with Crippen molar-refractivity contribution < 1.29 is 23.8 Å². The lowest BCUT2D eigenvalue weighted by molar-refractivity contribution is -0.145. The van der Waals surface area contributed by atoms with Crippen LogP contribution < -0.4 is 5.73 Å². The molecule has 0 unspecified atom stereocenters. The van der Waals surface area contributed by atoms with Gasteiger partial charge in [0, 0.05) is 18.9 Å². The number of hydrogen-bond acceptors (Lipinski definition) is 6. The van der Waals surface area contributed by atoms with Gasteiger partial charge in [-0.15, -0.1) is 0 Å². The second-order valence-electron chi connectivity index (χ2n) is 5.68. The van der Waals surface area contributed by atoms with Crippen LogP contribution in [0, 0.1) is 17.8 Å². The highest BCUT2D eigenvalue weighted by Crippen LogP contribution is 2.31. The highest BCUT2D eigenvalue weighted by molar-refractivity contribution is 5.86. The van der Waals surface area contributed by atoms with Crippen molar-refractivity contribution >= 4 is 11.9 Å². The molecule has 0 amide bonds. The van der Waals surface area contributed by atoms with Crippen molar-refractivity contribution in [3.63, 3.8) is 0 Å². The highest BCUT2D eigenvalue weighted by Gasteiger charge is 2.37. The fourth-order valence-electron chi connectivity index (χ4n) is 2.37. The van der Waals surface area contributed by atoms with Crippen molar-refractivity contribution in [2.24, 2.45) is 23.5 Å². The Labute approximate surface area is 125 Å². The van der Waals surface area contributed by atoms with Crippen LogP contribution in [0.1, 0.15) is 27.7 Å². The lowest BCUT2D eigenvalue weighted by Gasteiger charge is -2.38. The Kier molecular flexibility index (Phi) is 6.20. The molecule has 6 nitrogen and oxygen atoms in total. The predicted molar refractivity (Wildman–Crippen MR) is 77.1 cm³/mol. The zero-order valence-electron chi connectivity index (χ0n) is 13.3. The maximum atomic E-state index is 11.6. The van der Waals surface area contributed by atoms with Crippen LogP contribution in [0.4, 0.5) is 0 Å². The molecule has 0 fully saturated rings. The molecule has 2 N–H and O–H groups in total. The van der Waals surface area contributed by atoms with E-state index in [2.05, 4.69) is 4.74 Å². The molecular formula is C15H25NO5. The molecule has 0 aromatic heterocycles. The average molecular weight is 299 g/mol. The summed E-state index contributed by atoms with van der Waals surface area (Å²) in [6.07, 6.45) is 1.36. The number of esters is 2. The number of methoxy groups -OCH3 is 1. The molecule has 21 heavy (non-hydrogen) atoms. The first-order valence-electron chi connectivity index (χ1n) is 7.13. The van der Waals surface area contributed by atoms with E-state index in [1.54, 1.807) is 6.08 Å². The minimum absolute atomic E-state index is 0.0492. The van der Waals surface area contributed by atoms with E-state index in [9.17, 15) is 9.59 Å². The highest BCUT2D eigenvalue weighted by atomic mass is 16.6. The smallest absolute Gasteiger partial charge is 0.373 e. The van der Waals surface area contributed by atoms with Crippen molar-refractivity contribution in [3.8, 4) is 0 Å². The van der Waals surface area contributed by atoms with Crippen LogP contribution >= 0.6 is 0 Å². The molecule has 0 radical (unpaired) electrons. The van der Waals surface area contributed by atoms with Gasteiger partial charge < -0.3 is 19.9 Å². The molecule has 120 valence electrons. The summed E-state index contributed by atoms with van der Waals surface area (Å²) in [5.41, 5.74) is 6.06. The lowest BCUT2D eigenvalue weighted by atomic mass is 9.80. The second-order valence-corrected chi connectivity index (χ2v) is 5.68. The van der Waals surface area contributed by atoms with Crippen molar-refractivity contribution in [1.82, 2.24) is 0 Å². The maximum Gasteiger partial charge on any atom is 0.373 e. The van der Waals surface area contributed by atoms with E-state index >= 15 is 0 Å². The Hall–Kier alpha value is -1.56. The van der Waals surface area contributed by atoms with Gasteiger partial charge in [0.1, 0.15) is 6.10 Å². The Morgan fingerprint density at radius 1 is 1.43 bits per heavy atom. The SMILES string of the molecule is COC(=O)C1=C[C@H](N)[C@@H](C)[C@H]([C@H](C)[C@H](C)COC(C)=O)O1. The molecular weight excluding hydrogens is 274 g/mol. The van der Waals surface area contributed by atoms with E-state index in [4.69, 9.17) is 15.2 Å². The summed E-state index contributed by atoms with van der Waals surface area (Å²) < 4.78 is 15.5. The van der Waals surface area contributed by atoms with Gasteiger partial charge in [-0.25, -0.2) is 4.79 Å². The van der Waals surface area contributed by atoms with Crippen molar-refractivity contribution in [2.45, 2.75) is 39.8 Å². The summed E-state index contributed by atoms with van der Waals surface area (Å²) in [5.74, 6) is -0.474. The van der Waals surface area contributed by atoms with Gasteiger partial charge in [-0.1, -0.05) is 20.8 Å². The van der Waals surface area contributed by atoms with E-state index < -0.39 is 5.97 Å². The Bertz CT molecular complexity index is 420. The van der Waals surface area contributed by atoms with Crippen molar-refractivity contribution in [3.05, 3.63) is 11.8 Å². The molecule has 1 heterocycles. The van der Waals surface area contributed by atoms with Crippen LogP contribution in [-0.4, -0.2) is 37.8 Å². The summed E-state index contributed by atoms with van der Waals surface area (Å²) in [7, 11) is 1.30. The van der Waals surface area contributed by atoms with Gasteiger partial charge in [0.25, 0.3) is 0 Å². The van der Waals surface area contributed by atoms with Crippen LogP contribution in [0.3, 0.4) is 0 Å². The van der Waals surface area contributed by atoms with Crippen LogP contribution in [-0.2, 0) is 23.8 Å². The number of rotatable bonds is 5. The fraction of sp³-hybridized carbons (Fsp3) is 0.733. The van der Waals surface area contributed by atoms with Crippen molar-refractivity contribution in [1.29, 1.82) is 0 Å². The van der Waals surface area contributed by atoms with Gasteiger partial charge in [-0.2, -0.15) is 0 Å². The third-order valence-corrected chi connectivity index (χ3v) is 4.08. The molecule has 0 bridgehead atoms. The number of carbonyl (C=O) groups excluding carboxylic acids is 2. The van der Waals surface area contributed by atoms with Gasteiger partial charge in [0.2, 0.25) is 5.76 Å². The Morgan fingerprint density at radius 3 is 2.57 bits per heavy atom. The normalized spacial score (nSPS) is 27.9. The third kappa shape index (κ3) is 4.46. The number of hydrogen-bond donors (Lipinski definition) is 1. The van der Waals surface area contributed by atoms with Gasteiger partial charge in [-0.3, -0.25) is 4.79 Å². The fourth-order valence-corrected chi connectivity index (χ4v) is 2.37.